The van der Waals surface area contributed by atoms with Crippen molar-refractivity contribution < 1.29 is 9.53 Å². The molecule has 0 radical (unpaired) electrons. The molecule has 0 aromatic heterocycles. The van der Waals surface area contributed by atoms with Crippen LogP contribution < -0.4 is 0 Å². The van der Waals surface area contributed by atoms with Crippen molar-refractivity contribution in [2.75, 3.05) is 13.7 Å². The van der Waals surface area contributed by atoms with Gasteiger partial charge in [-0.25, -0.2) is 0 Å². The topological polar surface area (TPSA) is 29.5 Å². The number of benzene rings is 1. The van der Waals surface area contributed by atoms with Crippen molar-refractivity contribution in [1.82, 2.24) is 4.90 Å². The molecule has 4 bridgehead atoms. The molecule has 0 amide bonds. The highest BCUT2D eigenvalue weighted by Crippen LogP contribution is 2.50. The van der Waals surface area contributed by atoms with Crippen LogP contribution in [0, 0.1) is 11.8 Å². The van der Waals surface area contributed by atoms with Gasteiger partial charge < -0.3 is 4.74 Å². The molecule has 3 nitrogen and oxygen atoms in total. The summed E-state index contributed by atoms with van der Waals surface area (Å²) in [6.45, 7) is 1.03. The average molecular weight is 283 g/mol. The van der Waals surface area contributed by atoms with E-state index >= 15 is 0 Å². The van der Waals surface area contributed by atoms with E-state index in [0.717, 1.165) is 19.4 Å². The first kappa shape index (κ1) is 13.1. The van der Waals surface area contributed by atoms with E-state index in [-0.39, 0.29) is 11.9 Å². The lowest BCUT2D eigenvalue weighted by Crippen LogP contribution is -2.58. The van der Waals surface area contributed by atoms with Crippen LogP contribution in [0.5, 0.6) is 0 Å². The van der Waals surface area contributed by atoms with Gasteiger partial charge in [-0.2, -0.15) is 0 Å². The highest BCUT2D eigenvalue weighted by Gasteiger charge is 2.55. The number of ether oxygens (including phenoxy) is 1. The van der Waals surface area contributed by atoms with Crippen molar-refractivity contribution in [2.45, 2.75) is 31.3 Å². The summed E-state index contributed by atoms with van der Waals surface area (Å²) in [6.07, 6.45) is 5.80. The zero-order chi connectivity index (χ0) is 14.4. The van der Waals surface area contributed by atoms with E-state index in [0.29, 0.717) is 18.0 Å². The third-order valence-electron chi connectivity index (χ3n) is 5.53. The Morgan fingerprint density at radius 1 is 1.29 bits per heavy atom. The Bertz CT molecular complexity index is 580. The summed E-state index contributed by atoms with van der Waals surface area (Å²) in [6, 6.07) is 11.5. The van der Waals surface area contributed by atoms with Crippen LogP contribution in [0.4, 0.5) is 0 Å². The fourth-order valence-corrected chi connectivity index (χ4v) is 4.64. The lowest BCUT2D eigenvalue weighted by Gasteiger charge is -2.50. The second kappa shape index (κ2) is 4.99. The number of piperidine rings is 3. The van der Waals surface area contributed by atoms with Gasteiger partial charge in [-0.3, -0.25) is 9.69 Å². The van der Waals surface area contributed by atoms with Crippen LogP contribution in [0.15, 0.2) is 35.9 Å². The summed E-state index contributed by atoms with van der Waals surface area (Å²) in [5.74, 6) is 0.395. The minimum Gasteiger partial charge on any atom is -0.469 e. The highest BCUT2D eigenvalue weighted by atomic mass is 16.5. The molecular formula is C18H21NO2. The second-order valence-corrected chi connectivity index (χ2v) is 6.49. The van der Waals surface area contributed by atoms with Crippen molar-refractivity contribution in [3.63, 3.8) is 0 Å². The van der Waals surface area contributed by atoms with Gasteiger partial charge in [-0.1, -0.05) is 42.0 Å². The number of fused-ring (bicyclic) bond motifs is 1. The molecule has 1 unspecified atom stereocenters. The molecule has 4 aliphatic rings. The molecule has 5 rings (SSSR count). The number of hydrogen-bond acceptors (Lipinski definition) is 3. The van der Waals surface area contributed by atoms with Gasteiger partial charge in [-0.15, -0.1) is 0 Å². The van der Waals surface area contributed by atoms with E-state index in [1.807, 2.05) is 6.07 Å². The van der Waals surface area contributed by atoms with E-state index in [2.05, 4.69) is 35.2 Å². The first-order valence-electron chi connectivity index (χ1n) is 7.87. The monoisotopic (exact) mass is 283 g/mol. The first-order chi connectivity index (χ1) is 10.3. The molecule has 5 atom stereocenters. The van der Waals surface area contributed by atoms with Crippen LogP contribution in [0.25, 0.3) is 6.08 Å². The quantitative estimate of drug-likeness (QED) is 0.782. The molecule has 0 aliphatic carbocycles. The number of carbonyl (C=O) groups is 1. The molecule has 4 aliphatic heterocycles. The van der Waals surface area contributed by atoms with Gasteiger partial charge >= 0.3 is 5.97 Å². The maximum absolute atomic E-state index is 12.3. The number of rotatable bonds is 2. The number of nitrogens with zero attached hydrogens (tertiary/aromatic N) is 1. The first-order valence-corrected chi connectivity index (χ1v) is 7.87. The van der Waals surface area contributed by atoms with Crippen LogP contribution in [-0.2, 0) is 9.53 Å². The molecule has 0 spiro atoms. The van der Waals surface area contributed by atoms with Crippen LogP contribution >= 0.6 is 0 Å². The molecule has 4 saturated heterocycles. The van der Waals surface area contributed by atoms with Gasteiger partial charge in [0.25, 0.3) is 0 Å². The third-order valence-corrected chi connectivity index (χ3v) is 5.53. The van der Waals surface area contributed by atoms with Crippen molar-refractivity contribution >= 4 is 12.0 Å². The van der Waals surface area contributed by atoms with Gasteiger partial charge in [0.15, 0.2) is 0 Å². The number of methoxy groups -OCH3 is 1. The molecule has 0 saturated carbocycles. The summed E-state index contributed by atoms with van der Waals surface area (Å²) in [5, 5.41) is 0. The standard InChI is InChI=1S/C18H21NO2/c1-21-18(20)17-15-10-14-7-8-16(17)19(14)11-13(15)9-12-5-3-2-4-6-12/h2-6,9,14-17H,7-8,10-11H2,1H3/b13-9+/t14-,15+,16+,17-/m0/s1. The molecule has 4 fully saturated rings. The Hall–Kier alpha value is -1.61. The predicted molar refractivity (Wildman–Crippen MR) is 81.5 cm³/mol. The largest absolute Gasteiger partial charge is 0.469 e. The minimum atomic E-state index is -0.0194. The van der Waals surface area contributed by atoms with Gasteiger partial charge in [0, 0.05) is 18.6 Å². The van der Waals surface area contributed by atoms with Crippen LogP contribution in [0.1, 0.15) is 24.8 Å². The molecule has 1 aromatic carbocycles. The van der Waals surface area contributed by atoms with E-state index in [1.165, 1.54) is 24.7 Å². The highest BCUT2D eigenvalue weighted by molar-refractivity contribution is 5.75. The zero-order valence-corrected chi connectivity index (χ0v) is 12.4. The van der Waals surface area contributed by atoms with Gasteiger partial charge in [0.2, 0.25) is 0 Å². The fourth-order valence-electron chi connectivity index (χ4n) is 4.64. The summed E-state index contributed by atoms with van der Waals surface area (Å²) < 4.78 is 5.10. The van der Waals surface area contributed by atoms with E-state index in [1.54, 1.807) is 0 Å². The van der Waals surface area contributed by atoms with Crippen LogP contribution in [-0.4, -0.2) is 36.6 Å². The molecular weight excluding hydrogens is 262 g/mol. The van der Waals surface area contributed by atoms with Crippen LogP contribution in [0.3, 0.4) is 0 Å². The summed E-state index contributed by atoms with van der Waals surface area (Å²) in [7, 11) is 1.52. The third kappa shape index (κ3) is 2.03. The Kier molecular flexibility index (Phi) is 3.11. The van der Waals surface area contributed by atoms with Crippen molar-refractivity contribution in [3.8, 4) is 0 Å². The number of esters is 1. The normalized spacial score (nSPS) is 38.7. The maximum atomic E-state index is 12.3. The maximum Gasteiger partial charge on any atom is 0.310 e. The summed E-state index contributed by atoms with van der Waals surface area (Å²) >= 11 is 0. The fraction of sp³-hybridized carbons (Fsp3) is 0.500. The molecule has 110 valence electrons. The lowest BCUT2D eigenvalue weighted by molar-refractivity contribution is -0.153. The zero-order valence-electron chi connectivity index (χ0n) is 12.4. The molecule has 3 heteroatoms. The van der Waals surface area contributed by atoms with Crippen LogP contribution in [0.2, 0.25) is 0 Å². The van der Waals surface area contributed by atoms with Crippen molar-refractivity contribution in [1.29, 1.82) is 0 Å². The SMILES string of the molecule is COC(=O)[C@H]1[C@@H]2C[C@@H]3CC[C@H]1N3C/C2=C\c1ccccc1. The van der Waals surface area contributed by atoms with E-state index < -0.39 is 0 Å². The average Bonchev–Trinajstić information content (AvgIpc) is 2.83. The predicted octanol–water partition coefficient (Wildman–Crippen LogP) is 2.73. The van der Waals surface area contributed by atoms with E-state index in [4.69, 9.17) is 4.74 Å². The molecule has 4 heterocycles. The minimum absolute atomic E-state index is 0.0194. The number of hydrogen-bond donors (Lipinski definition) is 0. The van der Waals surface area contributed by atoms with Crippen molar-refractivity contribution in [2.24, 2.45) is 11.8 Å². The second-order valence-electron chi connectivity index (χ2n) is 6.49. The van der Waals surface area contributed by atoms with Gasteiger partial charge in [-0.05, 0) is 30.7 Å². The Labute approximate surface area is 125 Å². The lowest BCUT2D eigenvalue weighted by atomic mass is 9.71. The Morgan fingerprint density at radius 3 is 2.86 bits per heavy atom. The van der Waals surface area contributed by atoms with Crippen molar-refractivity contribution in [3.05, 3.63) is 41.5 Å². The molecule has 1 aromatic rings. The molecule has 21 heavy (non-hydrogen) atoms. The van der Waals surface area contributed by atoms with Gasteiger partial charge in [0.05, 0.1) is 13.0 Å². The number of carbonyl (C=O) groups excluding carboxylic acids is 1. The van der Waals surface area contributed by atoms with E-state index in [9.17, 15) is 4.79 Å². The summed E-state index contributed by atoms with van der Waals surface area (Å²) in [5.41, 5.74) is 2.64. The smallest absolute Gasteiger partial charge is 0.310 e. The Morgan fingerprint density at radius 2 is 2.10 bits per heavy atom. The van der Waals surface area contributed by atoms with Gasteiger partial charge in [0.1, 0.15) is 0 Å². The summed E-state index contributed by atoms with van der Waals surface area (Å²) in [4.78, 5) is 14.8. The Balaban J connectivity index is 1.69. The molecule has 0 N–H and O–H groups in total.